The monoisotopic (exact) mass is 302 g/mol. The summed E-state index contributed by atoms with van der Waals surface area (Å²) in [7, 11) is 1.54. The van der Waals surface area contributed by atoms with Gasteiger partial charge in [0.2, 0.25) is 0 Å². The number of carbonyl (C=O) groups excluding carboxylic acids is 1. The van der Waals surface area contributed by atoms with E-state index in [9.17, 15) is 4.79 Å². The summed E-state index contributed by atoms with van der Waals surface area (Å²) in [6.45, 7) is 0.767. The van der Waals surface area contributed by atoms with Crippen molar-refractivity contribution in [2.24, 2.45) is 0 Å². The number of halogens is 1. The van der Waals surface area contributed by atoms with Crippen molar-refractivity contribution in [1.29, 1.82) is 0 Å². The molecule has 0 fully saturated rings. The second kappa shape index (κ2) is 8.22. The van der Waals surface area contributed by atoms with Gasteiger partial charge in [0.1, 0.15) is 12.4 Å². The Morgan fingerprint density at radius 2 is 2.24 bits per heavy atom. The summed E-state index contributed by atoms with van der Waals surface area (Å²) in [5, 5.41) is 0.720. The van der Waals surface area contributed by atoms with Crippen molar-refractivity contribution < 1.29 is 19.0 Å². The van der Waals surface area contributed by atoms with Gasteiger partial charge in [-0.15, -0.1) is 0 Å². The highest BCUT2D eigenvalue weighted by Gasteiger charge is 2.06. The van der Waals surface area contributed by atoms with Gasteiger partial charge in [0, 0.05) is 18.0 Å². The summed E-state index contributed by atoms with van der Waals surface area (Å²) in [4.78, 5) is 11.7. The fourth-order valence-electron chi connectivity index (χ4n) is 1.19. The molecule has 5 heteroatoms. The summed E-state index contributed by atoms with van der Waals surface area (Å²) in [5.41, 5.74) is 0.577. The minimum atomic E-state index is -0.0613. The lowest BCUT2D eigenvalue weighted by Gasteiger charge is -2.06. The molecule has 4 nitrogen and oxygen atoms in total. The topological polar surface area (TPSA) is 44.8 Å². The highest BCUT2D eigenvalue weighted by molar-refractivity contribution is 9.09. The van der Waals surface area contributed by atoms with E-state index >= 15 is 0 Å². The maximum Gasteiger partial charge on any atom is 0.188 e. The average molecular weight is 303 g/mol. The number of rotatable bonds is 8. The van der Waals surface area contributed by atoms with Gasteiger partial charge < -0.3 is 14.2 Å². The standard InChI is InChI=1S/C12H15BrO4/c1-15-9-17-11-4-2-3-10(7-11)12(14)8-16-6-5-13/h2-4,7H,5-6,8-9H2,1H3. The minimum Gasteiger partial charge on any atom is -0.468 e. The van der Waals surface area contributed by atoms with Crippen molar-refractivity contribution in [2.75, 3.05) is 32.4 Å². The fourth-order valence-corrected chi connectivity index (χ4v) is 1.42. The lowest BCUT2D eigenvalue weighted by Crippen LogP contribution is -2.10. The molecule has 0 heterocycles. The number of alkyl halides is 1. The SMILES string of the molecule is COCOc1cccc(C(=O)COCCBr)c1. The molecule has 0 N–H and O–H groups in total. The molecule has 1 rings (SSSR count). The van der Waals surface area contributed by atoms with Crippen LogP contribution in [-0.2, 0) is 9.47 Å². The van der Waals surface area contributed by atoms with Crippen LogP contribution in [0.2, 0.25) is 0 Å². The van der Waals surface area contributed by atoms with Crippen molar-refractivity contribution in [3.63, 3.8) is 0 Å². The molecule has 0 atom stereocenters. The number of methoxy groups -OCH3 is 1. The molecule has 0 unspecified atom stereocenters. The summed E-state index contributed by atoms with van der Waals surface area (Å²) in [5.74, 6) is 0.548. The number of ketones is 1. The first kappa shape index (κ1) is 14.2. The summed E-state index contributed by atoms with van der Waals surface area (Å²) >= 11 is 3.23. The highest BCUT2D eigenvalue weighted by atomic mass is 79.9. The molecule has 0 aromatic heterocycles. The molecule has 0 spiro atoms. The van der Waals surface area contributed by atoms with E-state index in [0.717, 1.165) is 5.33 Å². The van der Waals surface area contributed by atoms with Gasteiger partial charge in [0.15, 0.2) is 12.6 Å². The van der Waals surface area contributed by atoms with Gasteiger partial charge in [-0.25, -0.2) is 0 Å². The van der Waals surface area contributed by atoms with Crippen molar-refractivity contribution >= 4 is 21.7 Å². The Balaban J connectivity index is 2.54. The van der Waals surface area contributed by atoms with E-state index in [2.05, 4.69) is 15.9 Å². The van der Waals surface area contributed by atoms with E-state index in [1.54, 1.807) is 31.4 Å². The van der Waals surface area contributed by atoms with Gasteiger partial charge >= 0.3 is 0 Å². The van der Waals surface area contributed by atoms with Crippen LogP contribution in [0.3, 0.4) is 0 Å². The van der Waals surface area contributed by atoms with Crippen LogP contribution < -0.4 is 4.74 Å². The van der Waals surface area contributed by atoms with Gasteiger partial charge in [-0.2, -0.15) is 0 Å². The Morgan fingerprint density at radius 1 is 1.41 bits per heavy atom. The molecule has 0 aliphatic carbocycles. The van der Waals surface area contributed by atoms with E-state index in [0.29, 0.717) is 17.9 Å². The Kier molecular flexibility index (Phi) is 6.84. The van der Waals surface area contributed by atoms with Gasteiger partial charge in [0.05, 0.1) is 6.61 Å². The number of ether oxygens (including phenoxy) is 3. The molecule has 1 aromatic carbocycles. The average Bonchev–Trinajstić information content (AvgIpc) is 2.37. The third kappa shape index (κ3) is 5.30. The first-order chi connectivity index (χ1) is 8.27. The zero-order valence-electron chi connectivity index (χ0n) is 9.65. The maximum atomic E-state index is 11.7. The predicted molar refractivity (Wildman–Crippen MR) is 67.9 cm³/mol. The quantitative estimate of drug-likeness (QED) is 0.320. The first-order valence-corrected chi connectivity index (χ1v) is 6.28. The number of benzene rings is 1. The third-order valence-corrected chi connectivity index (χ3v) is 2.28. The molecule has 0 saturated carbocycles. The molecule has 0 amide bonds. The number of hydrogen-bond donors (Lipinski definition) is 0. The van der Waals surface area contributed by atoms with Crippen LogP contribution in [0.4, 0.5) is 0 Å². The Bertz CT molecular complexity index is 354. The van der Waals surface area contributed by atoms with E-state index in [4.69, 9.17) is 14.2 Å². The zero-order chi connectivity index (χ0) is 12.5. The maximum absolute atomic E-state index is 11.7. The highest BCUT2D eigenvalue weighted by Crippen LogP contribution is 2.13. The molecule has 0 bridgehead atoms. The van der Waals surface area contributed by atoms with Crippen LogP contribution >= 0.6 is 15.9 Å². The Labute approximate surface area is 109 Å². The Hall–Kier alpha value is -0.910. The van der Waals surface area contributed by atoms with Crippen LogP contribution in [0.15, 0.2) is 24.3 Å². The van der Waals surface area contributed by atoms with Crippen LogP contribution in [-0.4, -0.2) is 38.2 Å². The minimum absolute atomic E-state index is 0.0613. The molecule has 17 heavy (non-hydrogen) atoms. The van der Waals surface area contributed by atoms with E-state index in [1.807, 2.05) is 0 Å². The summed E-state index contributed by atoms with van der Waals surface area (Å²) < 4.78 is 15.2. The van der Waals surface area contributed by atoms with Crippen molar-refractivity contribution in [2.45, 2.75) is 0 Å². The smallest absolute Gasteiger partial charge is 0.188 e. The normalized spacial score (nSPS) is 10.2. The van der Waals surface area contributed by atoms with E-state index in [-0.39, 0.29) is 19.2 Å². The Morgan fingerprint density at radius 3 is 2.94 bits per heavy atom. The summed E-state index contributed by atoms with van der Waals surface area (Å²) in [6.07, 6.45) is 0. The van der Waals surface area contributed by atoms with Crippen LogP contribution in [0, 0.1) is 0 Å². The van der Waals surface area contributed by atoms with Crippen molar-refractivity contribution in [3.05, 3.63) is 29.8 Å². The van der Waals surface area contributed by atoms with Gasteiger partial charge in [0.25, 0.3) is 0 Å². The molecule has 0 radical (unpaired) electrons. The largest absolute Gasteiger partial charge is 0.468 e. The number of carbonyl (C=O) groups is 1. The van der Waals surface area contributed by atoms with Crippen molar-refractivity contribution in [1.82, 2.24) is 0 Å². The van der Waals surface area contributed by atoms with Crippen molar-refractivity contribution in [3.8, 4) is 5.75 Å². The lowest BCUT2D eigenvalue weighted by atomic mass is 10.1. The third-order valence-electron chi connectivity index (χ3n) is 1.95. The fraction of sp³-hybridized carbons (Fsp3) is 0.417. The van der Waals surface area contributed by atoms with Crippen LogP contribution in [0.1, 0.15) is 10.4 Å². The second-order valence-electron chi connectivity index (χ2n) is 3.24. The van der Waals surface area contributed by atoms with Gasteiger partial charge in [-0.05, 0) is 12.1 Å². The first-order valence-electron chi connectivity index (χ1n) is 5.16. The molecule has 0 aliphatic rings. The number of hydrogen-bond acceptors (Lipinski definition) is 4. The molecule has 0 aliphatic heterocycles. The zero-order valence-corrected chi connectivity index (χ0v) is 11.2. The molecule has 94 valence electrons. The van der Waals surface area contributed by atoms with E-state index < -0.39 is 0 Å². The van der Waals surface area contributed by atoms with Gasteiger partial charge in [-0.3, -0.25) is 4.79 Å². The number of Topliss-reactive ketones (excluding diaryl/α,β-unsaturated/α-hetero) is 1. The predicted octanol–water partition coefficient (Wildman–Crippen LogP) is 2.26. The van der Waals surface area contributed by atoms with Crippen LogP contribution in [0.25, 0.3) is 0 Å². The molecular formula is C12H15BrO4. The lowest BCUT2D eigenvalue weighted by molar-refractivity contribution is 0.0509. The van der Waals surface area contributed by atoms with Gasteiger partial charge in [-0.1, -0.05) is 28.1 Å². The summed E-state index contributed by atoms with van der Waals surface area (Å²) in [6, 6.07) is 6.95. The molecule has 0 saturated heterocycles. The molecule has 1 aromatic rings. The second-order valence-corrected chi connectivity index (χ2v) is 4.04. The van der Waals surface area contributed by atoms with Crippen LogP contribution in [0.5, 0.6) is 5.75 Å². The van der Waals surface area contributed by atoms with E-state index in [1.165, 1.54) is 0 Å². The molecular weight excluding hydrogens is 288 g/mol.